The first-order chi connectivity index (χ1) is 13.5. The molecule has 0 radical (unpaired) electrons. The zero-order valence-electron chi connectivity index (χ0n) is 16.1. The van der Waals surface area contributed by atoms with E-state index in [9.17, 15) is 14.4 Å². The van der Waals surface area contributed by atoms with Crippen molar-refractivity contribution in [3.8, 4) is 0 Å². The monoisotopic (exact) mass is 381 g/mol. The van der Waals surface area contributed by atoms with Crippen LogP contribution in [0, 0.1) is 23.2 Å². The van der Waals surface area contributed by atoms with Gasteiger partial charge in [0, 0.05) is 6.42 Å². The fraction of sp³-hybridized carbons (Fsp3) is 0.609. The zero-order chi connectivity index (χ0) is 19.3. The molecule has 1 saturated heterocycles. The van der Waals surface area contributed by atoms with Crippen LogP contribution in [0.4, 0.5) is 0 Å². The SMILES string of the molecule is O=C(OCc1ccccc1)C1CCC(=O)N1C(=O)C12CC3CC(CC(C3)C1)C2. The van der Waals surface area contributed by atoms with Crippen molar-refractivity contribution in [2.75, 3.05) is 0 Å². The van der Waals surface area contributed by atoms with Crippen LogP contribution < -0.4 is 0 Å². The second-order valence-corrected chi connectivity index (χ2v) is 9.41. The number of esters is 1. The number of amides is 2. The number of ether oxygens (including phenoxy) is 1. The highest BCUT2D eigenvalue weighted by atomic mass is 16.5. The van der Waals surface area contributed by atoms with Crippen LogP contribution in [0.3, 0.4) is 0 Å². The Morgan fingerprint density at radius 1 is 1.00 bits per heavy atom. The van der Waals surface area contributed by atoms with E-state index < -0.39 is 17.4 Å². The minimum atomic E-state index is -0.753. The Morgan fingerprint density at radius 3 is 2.21 bits per heavy atom. The van der Waals surface area contributed by atoms with Gasteiger partial charge in [0.05, 0.1) is 5.41 Å². The summed E-state index contributed by atoms with van der Waals surface area (Å²) in [6.45, 7) is 0.170. The lowest BCUT2D eigenvalue weighted by Gasteiger charge is -2.56. The number of nitrogens with zero attached hydrogens (tertiary/aromatic N) is 1. The molecule has 4 aliphatic carbocycles. The van der Waals surface area contributed by atoms with Crippen molar-refractivity contribution in [3.63, 3.8) is 0 Å². The van der Waals surface area contributed by atoms with E-state index in [1.54, 1.807) is 0 Å². The number of carbonyl (C=O) groups is 3. The van der Waals surface area contributed by atoms with Crippen molar-refractivity contribution in [1.82, 2.24) is 4.90 Å². The molecule has 1 aliphatic heterocycles. The first-order valence-electron chi connectivity index (χ1n) is 10.6. The number of imide groups is 1. The maximum absolute atomic E-state index is 13.6. The largest absolute Gasteiger partial charge is 0.459 e. The Balaban J connectivity index is 1.32. The lowest BCUT2D eigenvalue weighted by molar-refractivity contribution is -0.170. The number of hydrogen-bond donors (Lipinski definition) is 0. The van der Waals surface area contributed by atoms with E-state index in [2.05, 4.69) is 0 Å². The lowest BCUT2D eigenvalue weighted by Crippen LogP contribution is -2.57. The van der Waals surface area contributed by atoms with E-state index in [0.29, 0.717) is 24.2 Å². The molecule has 1 atom stereocenters. The molecule has 1 unspecified atom stereocenters. The summed E-state index contributed by atoms with van der Waals surface area (Å²) in [6, 6.07) is 8.73. The predicted octanol–water partition coefficient (Wildman–Crippen LogP) is 3.46. The van der Waals surface area contributed by atoms with E-state index in [1.165, 1.54) is 24.2 Å². The Morgan fingerprint density at radius 2 is 1.61 bits per heavy atom. The first-order valence-corrected chi connectivity index (χ1v) is 10.6. The van der Waals surface area contributed by atoms with Gasteiger partial charge in [-0.05, 0) is 68.3 Å². The van der Waals surface area contributed by atoms with Crippen molar-refractivity contribution < 1.29 is 19.1 Å². The molecular formula is C23H27NO4. The van der Waals surface area contributed by atoms with Crippen LogP contribution in [-0.2, 0) is 25.7 Å². The molecule has 4 bridgehead atoms. The van der Waals surface area contributed by atoms with Crippen molar-refractivity contribution in [2.45, 2.75) is 64.0 Å². The Kier molecular flexibility index (Phi) is 4.29. The summed E-state index contributed by atoms with van der Waals surface area (Å²) >= 11 is 0. The molecule has 4 saturated carbocycles. The van der Waals surface area contributed by atoms with Gasteiger partial charge in [-0.3, -0.25) is 14.5 Å². The van der Waals surface area contributed by atoms with Gasteiger partial charge >= 0.3 is 5.97 Å². The van der Waals surface area contributed by atoms with Gasteiger partial charge in [0.25, 0.3) is 0 Å². The summed E-state index contributed by atoms with van der Waals surface area (Å²) in [5.41, 5.74) is 0.492. The van der Waals surface area contributed by atoms with E-state index in [0.717, 1.165) is 24.8 Å². The average Bonchev–Trinajstić information content (AvgIpc) is 3.06. The highest BCUT2D eigenvalue weighted by Crippen LogP contribution is 2.60. The van der Waals surface area contributed by atoms with Gasteiger partial charge in [0.1, 0.15) is 12.6 Å². The van der Waals surface area contributed by atoms with Gasteiger partial charge < -0.3 is 4.74 Å². The quantitative estimate of drug-likeness (QED) is 0.592. The smallest absolute Gasteiger partial charge is 0.329 e. The second-order valence-electron chi connectivity index (χ2n) is 9.41. The molecule has 6 rings (SSSR count). The Hall–Kier alpha value is -2.17. The van der Waals surface area contributed by atoms with E-state index in [-0.39, 0.29) is 24.8 Å². The Bertz CT molecular complexity index is 767. The van der Waals surface area contributed by atoms with E-state index in [1.807, 2.05) is 30.3 Å². The molecule has 0 spiro atoms. The molecule has 0 N–H and O–H groups in total. The standard InChI is InChI=1S/C23H27NO4/c25-20-7-6-19(21(26)28-14-15-4-2-1-3-5-15)24(20)22(27)23-11-16-8-17(12-23)10-18(9-16)13-23/h1-5,16-19H,6-14H2. The molecule has 2 amide bonds. The molecule has 28 heavy (non-hydrogen) atoms. The zero-order valence-corrected chi connectivity index (χ0v) is 16.1. The summed E-state index contributed by atoms with van der Waals surface area (Å²) in [6.07, 6.45) is 7.04. The van der Waals surface area contributed by atoms with Gasteiger partial charge in [0.2, 0.25) is 11.8 Å². The summed E-state index contributed by atoms with van der Waals surface area (Å²) in [4.78, 5) is 40.2. The number of carbonyl (C=O) groups excluding carboxylic acids is 3. The first kappa shape index (κ1) is 17.9. The molecule has 5 heteroatoms. The van der Waals surface area contributed by atoms with Crippen molar-refractivity contribution in [2.24, 2.45) is 23.2 Å². The third-order valence-corrected chi connectivity index (χ3v) is 7.42. The molecule has 0 aromatic heterocycles. The summed E-state index contributed by atoms with van der Waals surface area (Å²) in [7, 11) is 0. The number of likely N-dealkylation sites (tertiary alicyclic amines) is 1. The van der Waals surface area contributed by atoms with Crippen LogP contribution in [0.1, 0.15) is 56.9 Å². The van der Waals surface area contributed by atoms with Crippen LogP contribution in [0.2, 0.25) is 0 Å². The van der Waals surface area contributed by atoms with Crippen LogP contribution in [-0.4, -0.2) is 28.7 Å². The minimum absolute atomic E-state index is 0.0873. The average molecular weight is 381 g/mol. The summed E-state index contributed by atoms with van der Waals surface area (Å²) in [5, 5.41) is 0. The molecule has 148 valence electrons. The molecule has 1 aromatic carbocycles. The van der Waals surface area contributed by atoms with Gasteiger partial charge in [-0.25, -0.2) is 4.79 Å². The topological polar surface area (TPSA) is 63.7 Å². The van der Waals surface area contributed by atoms with Gasteiger partial charge in [-0.1, -0.05) is 30.3 Å². The second kappa shape index (κ2) is 6.71. The van der Waals surface area contributed by atoms with Crippen LogP contribution >= 0.6 is 0 Å². The van der Waals surface area contributed by atoms with E-state index in [4.69, 9.17) is 4.74 Å². The fourth-order valence-corrected chi connectivity index (χ4v) is 6.61. The normalized spacial score (nSPS) is 36.0. The maximum Gasteiger partial charge on any atom is 0.329 e. The molecule has 1 heterocycles. The third kappa shape index (κ3) is 2.96. The van der Waals surface area contributed by atoms with E-state index >= 15 is 0 Å². The van der Waals surface area contributed by atoms with Gasteiger partial charge in [-0.15, -0.1) is 0 Å². The maximum atomic E-state index is 13.6. The third-order valence-electron chi connectivity index (χ3n) is 7.42. The van der Waals surface area contributed by atoms with Crippen molar-refractivity contribution in [3.05, 3.63) is 35.9 Å². The highest BCUT2D eigenvalue weighted by molar-refractivity contribution is 6.04. The fourth-order valence-electron chi connectivity index (χ4n) is 6.61. The predicted molar refractivity (Wildman–Crippen MR) is 102 cm³/mol. The number of rotatable bonds is 4. The highest BCUT2D eigenvalue weighted by Gasteiger charge is 2.58. The Labute approximate surface area is 165 Å². The molecular weight excluding hydrogens is 354 g/mol. The number of benzene rings is 1. The van der Waals surface area contributed by atoms with Gasteiger partial charge in [0.15, 0.2) is 0 Å². The van der Waals surface area contributed by atoms with Crippen molar-refractivity contribution in [1.29, 1.82) is 0 Å². The van der Waals surface area contributed by atoms with Crippen LogP contribution in [0.5, 0.6) is 0 Å². The number of hydrogen-bond acceptors (Lipinski definition) is 4. The molecule has 5 nitrogen and oxygen atoms in total. The summed E-state index contributed by atoms with van der Waals surface area (Å²) < 4.78 is 5.47. The van der Waals surface area contributed by atoms with Crippen LogP contribution in [0.25, 0.3) is 0 Å². The van der Waals surface area contributed by atoms with Gasteiger partial charge in [-0.2, -0.15) is 0 Å². The molecule has 5 aliphatic rings. The van der Waals surface area contributed by atoms with Crippen LogP contribution in [0.15, 0.2) is 30.3 Å². The summed E-state index contributed by atoms with van der Waals surface area (Å²) in [5.74, 6) is 1.12. The van der Waals surface area contributed by atoms with Crippen molar-refractivity contribution >= 4 is 17.8 Å². The lowest BCUT2D eigenvalue weighted by atomic mass is 9.49. The minimum Gasteiger partial charge on any atom is -0.459 e. The molecule has 5 fully saturated rings. The molecule has 1 aromatic rings.